The molecule has 0 unspecified atom stereocenters. The van der Waals surface area contributed by atoms with E-state index in [1.165, 1.54) is 24.1 Å². The maximum atomic E-state index is 13.6. The number of hydrogen-bond acceptors (Lipinski definition) is 8. The Morgan fingerprint density at radius 1 is 1.56 bits per heavy atom. The van der Waals surface area contributed by atoms with Gasteiger partial charge in [0.1, 0.15) is 17.4 Å². The average Bonchev–Trinajstić information content (AvgIpc) is 2.56. The predicted molar refractivity (Wildman–Crippen MR) is 86.3 cm³/mol. The zero-order valence-electron chi connectivity index (χ0n) is 12.5. The molecule has 0 radical (unpaired) electrons. The Kier molecular flexibility index (Phi) is 5.30. The fourth-order valence-electron chi connectivity index (χ4n) is 1.80. The minimum atomic E-state index is -1.43. The predicted octanol–water partition coefficient (Wildman–Crippen LogP) is 2.95. The number of carboxylic acid groups (broad SMARTS) is 1. The fourth-order valence-corrected chi connectivity index (χ4v) is 2.25. The summed E-state index contributed by atoms with van der Waals surface area (Å²) in [6.45, 7) is 0. The first-order chi connectivity index (χ1) is 11.8. The van der Waals surface area contributed by atoms with E-state index in [1.54, 1.807) is 5.40 Å². The van der Waals surface area contributed by atoms with Gasteiger partial charge in [0.2, 0.25) is 5.95 Å². The molecule has 12 heteroatoms. The van der Waals surface area contributed by atoms with Crippen LogP contribution < -0.4 is 10.2 Å². The lowest BCUT2D eigenvalue weighted by Gasteiger charge is -2.18. The molecule has 0 aliphatic rings. The maximum Gasteiger partial charge on any atom is 0.409 e. The summed E-state index contributed by atoms with van der Waals surface area (Å²) < 4.78 is 13.6. The number of benzene rings is 1. The number of rotatable bonds is 5. The molecule has 25 heavy (non-hydrogen) atoms. The van der Waals surface area contributed by atoms with Crippen molar-refractivity contribution in [2.75, 3.05) is 17.3 Å². The van der Waals surface area contributed by atoms with Crippen molar-refractivity contribution in [3.05, 3.63) is 40.3 Å². The molecule has 1 amide bonds. The Morgan fingerprint density at radius 2 is 2.28 bits per heavy atom. The van der Waals surface area contributed by atoms with Crippen LogP contribution in [0.1, 0.15) is 0 Å². The minimum absolute atomic E-state index is 0.0104. The summed E-state index contributed by atoms with van der Waals surface area (Å²) in [4.78, 5) is 30.0. The maximum absolute atomic E-state index is 13.6. The molecule has 0 saturated carbocycles. The van der Waals surface area contributed by atoms with Gasteiger partial charge in [-0.05, 0) is 18.2 Å². The van der Waals surface area contributed by atoms with E-state index in [4.69, 9.17) is 10.4 Å². The summed E-state index contributed by atoms with van der Waals surface area (Å²) >= 11 is 0.507. The number of anilines is 3. The molecule has 0 spiro atoms. The molecule has 0 aliphatic heterocycles. The SMILES string of the molecule is CN(c1ccc(F)c(NC(=O)O)c1)c1ncc([N+](=O)[O-])c(SC#N)n1. The second kappa shape index (κ2) is 7.41. The molecule has 2 aromatic rings. The number of nitro groups is 1. The quantitative estimate of drug-likeness (QED) is 0.269. The lowest BCUT2D eigenvalue weighted by Crippen LogP contribution is -2.15. The largest absolute Gasteiger partial charge is 0.465 e. The van der Waals surface area contributed by atoms with Crippen molar-refractivity contribution in [3.8, 4) is 5.40 Å². The standard InChI is InChI=1S/C13H9FN6O4S/c1-19(7-2-3-8(14)9(4-7)17-13(21)22)12-16-5-10(20(23)24)11(18-12)25-6-15/h2-5,17H,1H3,(H,21,22). The van der Waals surface area contributed by atoms with Crippen LogP contribution >= 0.6 is 11.8 Å². The van der Waals surface area contributed by atoms with Gasteiger partial charge in [0.15, 0.2) is 5.03 Å². The summed E-state index contributed by atoms with van der Waals surface area (Å²) in [5, 5.41) is 31.8. The third-order valence-corrected chi connectivity index (χ3v) is 3.53. The zero-order valence-corrected chi connectivity index (χ0v) is 13.3. The van der Waals surface area contributed by atoms with Gasteiger partial charge >= 0.3 is 11.8 Å². The van der Waals surface area contributed by atoms with Crippen LogP contribution in [0.15, 0.2) is 29.4 Å². The smallest absolute Gasteiger partial charge is 0.409 e. The van der Waals surface area contributed by atoms with Gasteiger partial charge in [0.05, 0.1) is 10.6 Å². The molecule has 0 bridgehead atoms. The van der Waals surface area contributed by atoms with Gasteiger partial charge in [-0.15, -0.1) is 0 Å². The van der Waals surface area contributed by atoms with Gasteiger partial charge in [-0.3, -0.25) is 15.4 Å². The van der Waals surface area contributed by atoms with E-state index in [0.717, 1.165) is 12.3 Å². The number of nitriles is 1. The summed E-state index contributed by atoms with van der Waals surface area (Å²) in [7, 11) is 1.50. The van der Waals surface area contributed by atoms with Crippen molar-refractivity contribution in [3.63, 3.8) is 0 Å². The Labute approximate surface area is 144 Å². The molecule has 1 heterocycles. The number of amides is 1. The van der Waals surface area contributed by atoms with E-state index < -0.39 is 22.5 Å². The molecule has 2 N–H and O–H groups in total. The molecule has 0 atom stereocenters. The van der Waals surface area contributed by atoms with Crippen molar-refractivity contribution < 1.29 is 19.2 Å². The third-order valence-electron chi connectivity index (χ3n) is 2.94. The Bertz CT molecular complexity index is 887. The van der Waals surface area contributed by atoms with Crippen LogP contribution in [-0.4, -0.2) is 33.1 Å². The average molecular weight is 364 g/mol. The van der Waals surface area contributed by atoms with Crippen LogP contribution in [0.5, 0.6) is 0 Å². The molecule has 2 rings (SSSR count). The number of thiocyanates is 1. The minimum Gasteiger partial charge on any atom is -0.465 e. The molecular weight excluding hydrogens is 355 g/mol. The van der Waals surface area contributed by atoms with Crippen molar-refractivity contribution in [1.29, 1.82) is 5.26 Å². The van der Waals surface area contributed by atoms with Crippen LogP contribution in [0.25, 0.3) is 0 Å². The van der Waals surface area contributed by atoms with E-state index in [2.05, 4.69) is 9.97 Å². The second-order valence-corrected chi connectivity index (χ2v) is 5.24. The zero-order chi connectivity index (χ0) is 18.6. The molecule has 0 aliphatic carbocycles. The highest BCUT2D eigenvalue weighted by Gasteiger charge is 2.20. The molecule has 1 aromatic heterocycles. The molecule has 0 saturated heterocycles. The van der Waals surface area contributed by atoms with Crippen molar-refractivity contribution >= 4 is 40.9 Å². The van der Waals surface area contributed by atoms with Crippen LogP contribution in [0.3, 0.4) is 0 Å². The van der Waals surface area contributed by atoms with Gasteiger partial charge < -0.3 is 10.0 Å². The van der Waals surface area contributed by atoms with E-state index in [-0.39, 0.29) is 16.7 Å². The van der Waals surface area contributed by atoms with E-state index >= 15 is 0 Å². The van der Waals surface area contributed by atoms with Crippen molar-refractivity contribution in [1.82, 2.24) is 9.97 Å². The highest BCUT2D eigenvalue weighted by atomic mass is 32.2. The normalized spacial score (nSPS) is 9.96. The summed E-state index contributed by atoms with van der Waals surface area (Å²) in [5.74, 6) is -0.763. The van der Waals surface area contributed by atoms with Gasteiger partial charge in [0, 0.05) is 24.5 Å². The number of aromatic nitrogens is 2. The highest BCUT2D eigenvalue weighted by molar-refractivity contribution is 8.03. The first kappa shape index (κ1) is 17.9. The second-order valence-electron chi connectivity index (χ2n) is 4.46. The lowest BCUT2D eigenvalue weighted by molar-refractivity contribution is -0.388. The summed E-state index contributed by atoms with van der Waals surface area (Å²) in [6.07, 6.45) is -0.476. The van der Waals surface area contributed by atoms with Crippen LogP contribution in [0.4, 0.5) is 32.2 Å². The van der Waals surface area contributed by atoms with Gasteiger partial charge in [-0.2, -0.15) is 10.2 Å². The summed E-state index contributed by atoms with van der Waals surface area (Å²) in [6, 6.07) is 3.61. The number of halogens is 1. The van der Waals surface area contributed by atoms with Crippen LogP contribution in [0.2, 0.25) is 0 Å². The fraction of sp³-hybridized carbons (Fsp3) is 0.0769. The van der Waals surface area contributed by atoms with Gasteiger partial charge in [0.25, 0.3) is 0 Å². The Hall–Kier alpha value is -3.46. The summed E-state index contributed by atoms with van der Waals surface area (Å²) in [5.41, 5.74) is -0.367. The van der Waals surface area contributed by atoms with E-state index in [9.17, 15) is 19.3 Å². The molecule has 1 aromatic carbocycles. The first-order valence-corrected chi connectivity index (χ1v) is 7.25. The van der Waals surface area contributed by atoms with Gasteiger partial charge in [-0.25, -0.2) is 14.2 Å². The van der Waals surface area contributed by atoms with Crippen LogP contribution in [0, 0.1) is 26.6 Å². The van der Waals surface area contributed by atoms with Gasteiger partial charge in [-0.1, -0.05) is 0 Å². The number of hydrogen-bond donors (Lipinski definition) is 2. The molecule has 0 fully saturated rings. The van der Waals surface area contributed by atoms with Crippen molar-refractivity contribution in [2.45, 2.75) is 5.03 Å². The molecule has 10 nitrogen and oxygen atoms in total. The monoisotopic (exact) mass is 364 g/mol. The Morgan fingerprint density at radius 3 is 2.88 bits per heavy atom. The van der Waals surface area contributed by atoms with Crippen LogP contribution in [-0.2, 0) is 0 Å². The third kappa shape index (κ3) is 4.09. The van der Waals surface area contributed by atoms with Crippen molar-refractivity contribution in [2.24, 2.45) is 0 Å². The highest BCUT2D eigenvalue weighted by Crippen LogP contribution is 2.30. The number of nitrogens with zero attached hydrogens (tertiary/aromatic N) is 5. The van der Waals surface area contributed by atoms with E-state index in [0.29, 0.717) is 17.4 Å². The number of thioether (sulfide) groups is 1. The lowest BCUT2D eigenvalue weighted by atomic mass is 10.2. The molecule has 128 valence electrons. The molecular formula is C13H9FN6O4S. The Balaban J connectivity index is 2.42. The number of carbonyl (C=O) groups is 1. The first-order valence-electron chi connectivity index (χ1n) is 6.44. The topological polar surface area (TPSA) is 145 Å². The van der Waals surface area contributed by atoms with E-state index in [1.807, 2.05) is 5.32 Å². The number of nitrogens with one attached hydrogen (secondary N) is 1.